The van der Waals surface area contributed by atoms with Gasteiger partial charge in [-0.3, -0.25) is 4.72 Å². The number of carbonyl (C=O) groups is 1. The lowest BCUT2D eigenvalue weighted by Gasteiger charge is -2.10. The number of nitrogens with one attached hydrogen (secondary N) is 1. The summed E-state index contributed by atoms with van der Waals surface area (Å²) in [6, 6.07) is 3.61. The molecule has 7 nitrogen and oxygen atoms in total. The lowest BCUT2D eigenvalue weighted by Crippen LogP contribution is -2.15. The Bertz CT molecular complexity index is 783. The highest BCUT2D eigenvalue weighted by Gasteiger charge is 2.22. The molecule has 21 heavy (non-hydrogen) atoms. The van der Waals surface area contributed by atoms with Crippen molar-refractivity contribution in [2.45, 2.75) is 11.8 Å². The number of rotatable bonds is 5. The Labute approximate surface area is 125 Å². The lowest BCUT2D eigenvalue weighted by atomic mass is 10.2. The number of aromatic carboxylic acids is 1. The molecule has 2 N–H and O–H groups in total. The van der Waals surface area contributed by atoms with Gasteiger partial charge in [0.05, 0.1) is 18.4 Å². The third-order valence-electron chi connectivity index (χ3n) is 2.54. The first-order valence-corrected chi connectivity index (χ1v) is 8.06. The van der Waals surface area contributed by atoms with Crippen molar-refractivity contribution in [3.8, 4) is 5.75 Å². The number of hydrogen-bond donors (Lipinski definition) is 2. The molecule has 0 spiro atoms. The Morgan fingerprint density at radius 2 is 2.14 bits per heavy atom. The Morgan fingerprint density at radius 1 is 1.43 bits per heavy atom. The van der Waals surface area contributed by atoms with Crippen molar-refractivity contribution in [3.63, 3.8) is 0 Å². The van der Waals surface area contributed by atoms with Gasteiger partial charge in [-0.1, -0.05) is 0 Å². The molecular weight excluding hydrogens is 316 g/mol. The van der Waals surface area contributed by atoms with Gasteiger partial charge in [0.15, 0.2) is 5.13 Å². The number of carboxylic acids is 1. The third kappa shape index (κ3) is 3.31. The molecule has 112 valence electrons. The van der Waals surface area contributed by atoms with E-state index < -0.39 is 16.0 Å². The normalized spacial score (nSPS) is 11.1. The third-order valence-corrected chi connectivity index (χ3v) is 4.91. The Kier molecular flexibility index (Phi) is 4.14. The molecule has 0 bridgehead atoms. The maximum Gasteiger partial charge on any atom is 0.335 e. The molecule has 1 aromatic heterocycles. The minimum atomic E-state index is -3.99. The fraction of sp³-hybridized carbons (Fsp3) is 0.167. The van der Waals surface area contributed by atoms with Crippen LogP contribution in [0.2, 0.25) is 0 Å². The first kappa shape index (κ1) is 15.3. The number of nitrogens with zero attached hydrogens (tertiary/aromatic N) is 1. The fourth-order valence-electron chi connectivity index (χ4n) is 1.59. The summed E-state index contributed by atoms with van der Waals surface area (Å²) < 4.78 is 32.0. The molecule has 2 rings (SSSR count). The summed E-state index contributed by atoms with van der Waals surface area (Å²) in [5, 5.41) is 10.9. The van der Waals surface area contributed by atoms with Crippen LogP contribution in [0.4, 0.5) is 5.13 Å². The number of aromatic nitrogens is 1. The van der Waals surface area contributed by atoms with Crippen LogP contribution >= 0.6 is 11.3 Å². The van der Waals surface area contributed by atoms with Crippen molar-refractivity contribution >= 4 is 32.5 Å². The van der Waals surface area contributed by atoms with Gasteiger partial charge < -0.3 is 9.84 Å². The minimum absolute atomic E-state index is 0.0563. The largest absolute Gasteiger partial charge is 0.495 e. The van der Waals surface area contributed by atoms with Crippen LogP contribution in [0.1, 0.15) is 16.1 Å². The second kappa shape index (κ2) is 5.70. The summed E-state index contributed by atoms with van der Waals surface area (Å²) in [7, 11) is -2.68. The Balaban J connectivity index is 2.47. The molecule has 0 unspecified atom stereocenters. The smallest absolute Gasteiger partial charge is 0.335 e. The predicted molar refractivity (Wildman–Crippen MR) is 77.6 cm³/mol. The number of ether oxygens (including phenoxy) is 1. The monoisotopic (exact) mass is 328 g/mol. The van der Waals surface area contributed by atoms with Gasteiger partial charge in [0, 0.05) is 5.38 Å². The van der Waals surface area contributed by atoms with E-state index in [2.05, 4.69) is 9.71 Å². The number of benzene rings is 1. The second-order valence-corrected chi connectivity index (χ2v) is 6.58. The van der Waals surface area contributed by atoms with Gasteiger partial charge in [0.1, 0.15) is 10.6 Å². The van der Waals surface area contributed by atoms with Gasteiger partial charge in [-0.25, -0.2) is 18.2 Å². The number of anilines is 1. The summed E-state index contributed by atoms with van der Waals surface area (Å²) in [6.07, 6.45) is 0. The van der Waals surface area contributed by atoms with E-state index in [1.807, 2.05) is 0 Å². The number of carboxylic acid groups (broad SMARTS) is 1. The summed E-state index contributed by atoms with van der Waals surface area (Å²) >= 11 is 1.14. The highest BCUT2D eigenvalue weighted by molar-refractivity contribution is 7.93. The first-order valence-electron chi connectivity index (χ1n) is 5.70. The van der Waals surface area contributed by atoms with Crippen LogP contribution < -0.4 is 9.46 Å². The van der Waals surface area contributed by atoms with E-state index in [0.717, 1.165) is 17.4 Å². The standard InChI is InChI=1S/C12H12N2O5S2/c1-7-6-20-12(13-7)14-21(17,18)10-5-8(11(15)16)3-4-9(10)19-2/h3-6H,1-2H3,(H,13,14)(H,15,16). The molecule has 0 radical (unpaired) electrons. The van der Waals surface area contributed by atoms with E-state index >= 15 is 0 Å². The maximum absolute atomic E-state index is 12.3. The molecule has 0 aliphatic heterocycles. The quantitative estimate of drug-likeness (QED) is 0.869. The van der Waals surface area contributed by atoms with Crippen molar-refractivity contribution in [3.05, 3.63) is 34.8 Å². The zero-order valence-electron chi connectivity index (χ0n) is 11.2. The van der Waals surface area contributed by atoms with E-state index in [1.54, 1.807) is 12.3 Å². The highest BCUT2D eigenvalue weighted by atomic mass is 32.2. The van der Waals surface area contributed by atoms with Gasteiger partial charge >= 0.3 is 5.97 Å². The molecule has 0 amide bonds. The van der Waals surface area contributed by atoms with Gasteiger partial charge in [0.25, 0.3) is 10.0 Å². The van der Waals surface area contributed by atoms with E-state index in [4.69, 9.17) is 9.84 Å². The minimum Gasteiger partial charge on any atom is -0.495 e. The summed E-state index contributed by atoms with van der Waals surface area (Å²) in [4.78, 5) is 14.7. The molecule has 2 aromatic rings. The Hall–Kier alpha value is -2.13. The zero-order chi connectivity index (χ0) is 15.6. The zero-order valence-corrected chi connectivity index (χ0v) is 12.8. The molecule has 9 heteroatoms. The van der Waals surface area contributed by atoms with Crippen LogP contribution in [0.3, 0.4) is 0 Å². The van der Waals surface area contributed by atoms with Gasteiger partial charge in [-0.15, -0.1) is 11.3 Å². The Morgan fingerprint density at radius 3 is 2.67 bits per heavy atom. The highest BCUT2D eigenvalue weighted by Crippen LogP contribution is 2.28. The number of hydrogen-bond acceptors (Lipinski definition) is 6. The van der Waals surface area contributed by atoms with Crippen LogP contribution in [-0.4, -0.2) is 31.6 Å². The molecule has 1 aromatic carbocycles. The van der Waals surface area contributed by atoms with Crippen molar-refractivity contribution in [2.24, 2.45) is 0 Å². The molecule has 1 heterocycles. The van der Waals surface area contributed by atoms with Crippen molar-refractivity contribution in [2.75, 3.05) is 11.8 Å². The van der Waals surface area contributed by atoms with E-state index in [1.165, 1.54) is 19.2 Å². The molecule has 0 saturated heterocycles. The summed E-state index contributed by atoms with van der Waals surface area (Å²) in [5.41, 5.74) is 0.537. The molecule has 0 atom stereocenters. The van der Waals surface area contributed by atoms with Crippen LogP contribution in [0.15, 0.2) is 28.5 Å². The maximum atomic E-state index is 12.3. The average molecular weight is 328 g/mol. The van der Waals surface area contributed by atoms with Crippen molar-refractivity contribution in [1.82, 2.24) is 4.98 Å². The number of aryl methyl sites for hydroxylation is 1. The number of methoxy groups -OCH3 is 1. The molecule has 0 fully saturated rings. The van der Waals surface area contributed by atoms with E-state index in [-0.39, 0.29) is 21.3 Å². The molecule has 0 aliphatic rings. The molecule has 0 saturated carbocycles. The summed E-state index contributed by atoms with van der Waals surface area (Å²) in [6.45, 7) is 1.74. The van der Waals surface area contributed by atoms with Gasteiger partial charge in [-0.2, -0.15) is 0 Å². The van der Waals surface area contributed by atoms with Gasteiger partial charge in [0.2, 0.25) is 0 Å². The van der Waals surface area contributed by atoms with Crippen LogP contribution in [0, 0.1) is 6.92 Å². The lowest BCUT2D eigenvalue weighted by molar-refractivity contribution is 0.0696. The number of sulfonamides is 1. The van der Waals surface area contributed by atoms with Gasteiger partial charge in [-0.05, 0) is 25.1 Å². The van der Waals surface area contributed by atoms with Crippen molar-refractivity contribution in [1.29, 1.82) is 0 Å². The second-order valence-electron chi connectivity index (χ2n) is 4.07. The van der Waals surface area contributed by atoms with E-state index in [9.17, 15) is 13.2 Å². The number of thiazole rings is 1. The fourth-order valence-corrected chi connectivity index (χ4v) is 3.73. The molecular formula is C12H12N2O5S2. The summed E-state index contributed by atoms with van der Waals surface area (Å²) in [5.74, 6) is -1.17. The van der Waals surface area contributed by atoms with Crippen LogP contribution in [0.5, 0.6) is 5.75 Å². The predicted octanol–water partition coefficient (Wildman–Crippen LogP) is 1.96. The van der Waals surface area contributed by atoms with Crippen LogP contribution in [0.25, 0.3) is 0 Å². The molecule has 0 aliphatic carbocycles. The first-order chi connectivity index (χ1) is 9.83. The van der Waals surface area contributed by atoms with E-state index in [0.29, 0.717) is 5.69 Å². The van der Waals surface area contributed by atoms with Crippen molar-refractivity contribution < 1.29 is 23.1 Å². The average Bonchev–Trinajstić information content (AvgIpc) is 2.82. The SMILES string of the molecule is COc1ccc(C(=O)O)cc1S(=O)(=O)Nc1nc(C)cs1. The topological polar surface area (TPSA) is 106 Å². The van der Waals surface area contributed by atoms with Crippen LogP contribution in [-0.2, 0) is 10.0 Å².